The summed E-state index contributed by atoms with van der Waals surface area (Å²) in [5.41, 5.74) is 7.79. The minimum Gasteiger partial charge on any atom is -0.453 e. The molecule has 0 amide bonds. The molecule has 3 heteroatoms. The van der Waals surface area contributed by atoms with Gasteiger partial charge in [-0.1, -0.05) is 103 Å². The molecule has 0 fully saturated rings. The highest BCUT2D eigenvalue weighted by Crippen LogP contribution is 2.47. The lowest BCUT2D eigenvalue weighted by Gasteiger charge is -2.26. The molecule has 0 aliphatic carbocycles. The van der Waals surface area contributed by atoms with E-state index in [2.05, 4.69) is 126 Å². The molecule has 1 heterocycles. The highest BCUT2D eigenvalue weighted by Gasteiger charge is 2.20. The smallest absolute Gasteiger partial charge is 0.170 e. The Labute approximate surface area is 250 Å². The molecule has 0 aromatic heterocycles. The largest absolute Gasteiger partial charge is 0.453 e. The molecule has 1 aliphatic heterocycles. The first-order chi connectivity index (χ1) is 21.3. The average Bonchev–Trinajstić information content (AvgIpc) is 3.23. The van der Waals surface area contributed by atoms with Crippen LogP contribution in [0.1, 0.15) is 0 Å². The molecule has 0 radical (unpaired) electrons. The van der Waals surface area contributed by atoms with Crippen LogP contribution in [0.15, 0.2) is 164 Å². The summed E-state index contributed by atoms with van der Waals surface area (Å²) in [4.78, 5) is 2.29. The van der Waals surface area contributed by atoms with Crippen LogP contribution < -0.4 is 14.4 Å². The molecule has 0 saturated carbocycles. The number of benzene rings is 7. The molecular formula is C40H27NO2. The third-order valence-electron chi connectivity index (χ3n) is 7.90. The highest BCUT2D eigenvalue weighted by molar-refractivity contribution is 5.95. The Balaban J connectivity index is 1.18. The standard InChI is InChI=1S/C40H27NO2/c1-3-10-28(11-4-1)29-20-23-34(24-21-29)41(33-15-5-2-6-16-33)35-17-7-14-31(26-35)32-22-25-36-39(27-32)43-38-19-9-13-30-12-8-18-37(42-36)40(30)38/h1-27H. The minimum absolute atomic E-state index is 0.697. The van der Waals surface area contributed by atoms with Crippen LogP contribution in [0.5, 0.6) is 23.0 Å². The van der Waals surface area contributed by atoms with E-state index in [-0.39, 0.29) is 0 Å². The molecule has 204 valence electrons. The monoisotopic (exact) mass is 553 g/mol. The summed E-state index contributed by atoms with van der Waals surface area (Å²) >= 11 is 0. The molecule has 0 spiro atoms. The van der Waals surface area contributed by atoms with Crippen molar-refractivity contribution in [2.45, 2.75) is 0 Å². The highest BCUT2D eigenvalue weighted by atomic mass is 16.5. The van der Waals surface area contributed by atoms with Crippen molar-refractivity contribution in [2.75, 3.05) is 4.90 Å². The second-order valence-corrected chi connectivity index (χ2v) is 10.6. The number of rotatable bonds is 5. The van der Waals surface area contributed by atoms with Gasteiger partial charge in [0.2, 0.25) is 0 Å². The maximum absolute atomic E-state index is 6.47. The summed E-state index contributed by atoms with van der Waals surface area (Å²) in [5, 5.41) is 2.08. The Hall–Kier alpha value is -5.80. The van der Waals surface area contributed by atoms with E-state index < -0.39 is 0 Å². The Morgan fingerprint density at radius 1 is 0.326 bits per heavy atom. The molecule has 7 aromatic rings. The predicted octanol–water partition coefficient (Wildman–Crippen LogP) is 11.5. The molecule has 0 bridgehead atoms. The van der Waals surface area contributed by atoms with Crippen LogP contribution in [0.4, 0.5) is 17.1 Å². The van der Waals surface area contributed by atoms with Crippen LogP contribution in [0, 0.1) is 0 Å². The quantitative estimate of drug-likeness (QED) is 0.212. The van der Waals surface area contributed by atoms with Gasteiger partial charge in [0.25, 0.3) is 0 Å². The fourth-order valence-corrected chi connectivity index (χ4v) is 5.81. The molecule has 0 N–H and O–H groups in total. The zero-order chi connectivity index (χ0) is 28.6. The maximum Gasteiger partial charge on any atom is 0.170 e. The van der Waals surface area contributed by atoms with Gasteiger partial charge in [0.15, 0.2) is 11.5 Å². The van der Waals surface area contributed by atoms with Gasteiger partial charge in [0, 0.05) is 17.1 Å². The van der Waals surface area contributed by atoms with Gasteiger partial charge in [-0.25, -0.2) is 0 Å². The van der Waals surface area contributed by atoms with Crippen LogP contribution in [-0.2, 0) is 0 Å². The number of para-hydroxylation sites is 1. The number of anilines is 3. The minimum atomic E-state index is 0.697. The van der Waals surface area contributed by atoms with E-state index in [1.54, 1.807) is 0 Å². The molecule has 1 aliphatic rings. The number of nitrogens with zero attached hydrogens (tertiary/aromatic N) is 1. The van der Waals surface area contributed by atoms with Crippen molar-refractivity contribution in [1.82, 2.24) is 0 Å². The van der Waals surface area contributed by atoms with Gasteiger partial charge < -0.3 is 14.4 Å². The number of hydrogen-bond donors (Lipinski definition) is 0. The summed E-state index contributed by atoms with van der Waals surface area (Å²) in [6.45, 7) is 0. The van der Waals surface area contributed by atoms with Gasteiger partial charge in [-0.3, -0.25) is 0 Å². The van der Waals surface area contributed by atoms with Crippen LogP contribution in [0.2, 0.25) is 0 Å². The molecular weight excluding hydrogens is 526 g/mol. The van der Waals surface area contributed by atoms with Gasteiger partial charge in [-0.2, -0.15) is 0 Å². The Morgan fingerprint density at radius 3 is 1.60 bits per heavy atom. The molecule has 7 aromatic carbocycles. The van der Waals surface area contributed by atoms with E-state index >= 15 is 0 Å². The van der Waals surface area contributed by atoms with Crippen LogP contribution in [0.3, 0.4) is 0 Å². The zero-order valence-corrected chi connectivity index (χ0v) is 23.4. The second-order valence-electron chi connectivity index (χ2n) is 10.6. The van der Waals surface area contributed by atoms with Crippen molar-refractivity contribution < 1.29 is 9.47 Å². The Bertz CT molecular complexity index is 2060. The van der Waals surface area contributed by atoms with Crippen molar-refractivity contribution in [3.63, 3.8) is 0 Å². The maximum atomic E-state index is 6.47. The number of ether oxygens (including phenoxy) is 2. The lowest BCUT2D eigenvalue weighted by atomic mass is 10.0. The van der Waals surface area contributed by atoms with E-state index in [1.165, 1.54) is 11.1 Å². The second kappa shape index (κ2) is 10.6. The van der Waals surface area contributed by atoms with Crippen molar-refractivity contribution in [3.8, 4) is 45.3 Å². The normalized spacial score (nSPS) is 11.6. The first kappa shape index (κ1) is 25.0. The topological polar surface area (TPSA) is 21.7 Å². The Morgan fingerprint density at radius 2 is 0.860 bits per heavy atom. The fraction of sp³-hybridized carbons (Fsp3) is 0. The fourth-order valence-electron chi connectivity index (χ4n) is 5.81. The van der Waals surface area contributed by atoms with Crippen molar-refractivity contribution >= 4 is 27.8 Å². The lowest BCUT2D eigenvalue weighted by Crippen LogP contribution is -2.09. The van der Waals surface area contributed by atoms with Crippen molar-refractivity contribution in [3.05, 3.63) is 164 Å². The van der Waals surface area contributed by atoms with E-state index in [1.807, 2.05) is 42.5 Å². The molecule has 0 atom stereocenters. The molecule has 43 heavy (non-hydrogen) atoms. The third kappa shape index (κ3) is 4.67. The van der Waals surface area contributed by atoms with E-state index in [4.69, 9.17) is 9.47 Å². The van der Waals surface area contributed by atoms with Gasteiger partial charge in [0.05, 0.1) is 5.39 Å². The van der Waals surface area contributed by atoms with Crippen molar-refractivity contribution in [1.29, 1.82) is 0 Å². The third-order valence-corrected chi connectivity index (χ3v) is 7.90. The average molecular weight is 554 g/mol. The van der Waals surface area contributed by atoms with Gasteiger partial charge in [-0.15, -0.1) is 0 Å². The van der Waals surface area contributed by atoms with E-state index in [0.717, 1.165) is 50.5 Å². The molecule has 0 unspecified atom stereocenters. The molecule has 0 saturated heterocycles. The van der Waals surface area contributed by atoms with Crippen molar-refractivity contribution in [2.24, 2.45) is 0 Å². The summed E-state index contributed by atoms with van der Waals surface area (Å²) < 4.78 is 12.8. The first-order valence-corrected chi connectivity index (χ1v) is 14.4. The van der Waals surface area contributed by atoms with Crippen LogP contribution >= 0.6 is 0 Å². The van der Waals surface area contributed by atoms with E-state index in [0.29, 0.717) is 11.5 Å². The molecule has 8 rings (SSSR count). The zero-order valence-electron chi connectivity index (χ0n) is 23.4. The van der Waals surface area contributed by atoms with Gasteiger partial charge in [-0.05, 0) is 88.3 Å². The van der Waals surface area contributed by atoms with Gasteiger partial charge in [0.1, 0.15) is 11.5 Å². The summed E-state index contributed by atoms with van der Waals surface area (Å²) in [6, 6.07) is 56.7. The van der Waals surface area contributed by atoms with Crippen LogP contribution in [0.25, 0.3) is 33.0 Å². The summed E-state index contributed by atoms with van der Waals surface area (Å²) in [7, 11) is 0. The number of hydrogen-bond acceptors (Lipinski definition) is 3. The summed E-state index contributed by atoms with van der Waals surface area (Å²) in [5.74, 6) is 3.00. The van der Waals surface area contributed by atoms with E-state index in [9.17, 15) is 0 Å². The predicted molar refractivity (Wildman–Crippen MR) is 176 cm³/mol. The van der Waals surface area contributed by atoms with Gasteiger partial charge >= 0.3 is 0 Å². The Kier molecular flexibility index (Phi) is 6.12. The summed E-state index contributed by atoms with van der Waals surface area (Å²) in [6.07, 6.45) is 0. The van der Waals surface area contributed by atoms with Crippen LogP contribution in [-0.4, -0.2) is 0 Å². The SMILES string of the molecule is c1ccc(-c2ccc(N(c3ccccc3)c3cccc(-c4ccc5c(c4)Oc4cccc6cccc(c46)O5)c3)cc2)cc1. The molecule has 3 nitrogen and oxygen atoms in total. The lowest BCUT2D eigenvalue weighted by molar-refractivity contribution is 0.439. The number of fused-ring (bicyclic) bond motifs is 1. The first-order valence-electron chi connectivity index (χ1n) is 14.4.